The van der Waals surface area contributed by atoms with Crippen LogP contribution in [0.5, 0.6) is 0 Å². The van der Waals surface area contributed by atoms with Crippen LogP contribution in [-0.2, 0) is 9.53 Å². The number of methoxy groups -OCH3 is 1. The lowest BCUT2D eigenvalue weighted by atomic mass is 10.2. The average molecular weight is 309 g/mol. The number of nitrogens with zero attached hydrogens (tertiary/aromatic N) is 1. The Morgan fingerprint density at radius 1 is 1.57 bits per heavy atom. The lowest BCUT2D eigenvalue weighted by molar-refractivity contribution is -0.112. The molecule has 1 amide bonds. The molecule has 0 aliphatic carbocycles. The van der Waals surface area contributed by atoms with Gasteiger partial charge in [-0.05, 0) is 24.6 Å². The summed E-state index contributed by atoms with van der Waals surface area (Å²) in [5, 5.41) is 14.7. The van der Waals surface area contributed by atoms with Crippen molar-refractivity contribution in [3.05, 3.63) is 35.0 Å². The maximum Gasteiger partial charge on any atom is 0.267 e. The first-order valence-corrected chi connectivity index (χ1v) is 6.65. The van der Waals surface area contributed by atoms with Gasteiger partial charge in [0.2, 0.25) is 0 Å². The molecule has 0 radical (unpaired) electrons. The van der Waals surface area contributed by atoms with E-state index >= 15 is 0 Å². The molecular weight excluding hydrogens is 292 g/mol. The minimum absolute atomic E-state index is 0.0414. The lowest BCUT2D eigenvalue weighted by Gasteiger charge is -2.07. The fourth-order valence-electron chi connectivity index (χ4n) is 1.46. The zero-order valence-corrected chi connectivity index (χ0v) is 12.4. The smallest absolute Gasteiger partial charge is 0.267 e. The van der Waals surface area contributed by atoms with Crippen molar-refractivity contribution in [2.24, 2.45) is 0 Å². The van der Waals surface area contributed by atoms with E-state index in [4.69, 9.17) is 27.3 Å². The van der Waals surface area contributed by atoms with Crippen LogP contribution < -0.4 is 16.4 Å². The van der Waals surface area contributed by atoms with Gasteiger partial charge in [-0.15, -0.1) is 0 Å². The molecule has 0 saturated carbocycles. The Kier molecular flexibility index (Phi) is 7.09. The highest BCUT2D eigenvalue weighted by atomic mass is 35.5. The van der Waals surface area contributed by atoms with Crippen molar-refractivity contribution in [3.63, 3.8) is 0 Å². The van der Waals surface area contributed by atoms with Gasteiger partial charge in [0.05, 0.1) is 10.7 Å². The van der Waals surface area contributed by atoms with Gasteiger partial charge in [0.25, 0.3) is 5.91 Å². The van der Waals surface area contributed by atoms with E-state index < -0.39 is 5.91 Å². The van der Waals surface area contributed by atoms with Crippen molar-refractivity contribution in [3.8, 4) is 6.07 Å². The number of carbonyl (C=O) groups excluding carboxylic acids is 1. The summed E-state index contributed by atoms with van der Waals surface area (Å²) in [4.78, 5) is 11.9. The molecule has 0 fully saturated rings. The Labute approximate surface area is 128 Å². The van der Waals surface area contributed by atoms with Crippen molar-refractivity contribution in [2.75, 3.05) is 31.3 Å². The molecule has 21 heavy (non-hydrogen) atoms. The number of hydrogen-bond acceptors (Lipinski definition) is 5. The van der Waals surface area contributed by atoms with Gasteiger partial charge in [0.15, 0.2) is 0 Å². The van der Waals surface area contributed by atoms with Crippen molar-refractivity contribution in [1.82, 2.24) is 5.32 Å². The Morgan fingerprint density at radius 2 is 2.33 bits per heavy atom. The summed E-state index contributed by atoms with van der Waals surface area (Å²) < 4.78 is 4.89. The molecule has 1 rings (SSSR count). The van der Waals surface area contributed by atoms with Gasteiger partial charge in [-0.2, -0.15) is 5.26 Å². The van der Waals surface area contributed by atoms with E-state index in [1.165, 1.54) is 12.3 Å². The van der Waals surface area contributed by atoms with Crippen LogP contribution in [0, 0.1) is 11.3 Å². The highest BCUT2D eigenvalue weighted by molar-refractivity contribution is 6.34. The molecule has 1 aromatic carbocycles. The molecular formula is C14H17ClN4O2. The number of nitrogens with two attached hydrogens (primary N) is 1. The summed E-state index contributed by atoms with van der Waals surface area (Å²) in [6.07, 6.45) is 2.15. The number of anilines is 2. The van der Waals surface area contributed by atoms with E-state index in [9.17, 15) is 4.79 Å². The Hall–Kier alpha value is -2.23. The summed E-state index contributed by atoms with van der Waals surface area (Å²) in [5.41, 5.74) is 6.42. The summed E-state index contributed by atoms with van der Waals surface area (Å²) in [5.74, 6) is -0.539. The number of rotatable bonds is 7. The molecule has 6 nitrogen and oxygen atoms in total. The first-order chi connectivity index (χ1) is 10.1. The normalized spacial score (nSPS) is 10.8. The second kappa shape index (κ2) is 8.84. The monoisotopic (exact) mass is 308 g/mol. The van der Waals surface area contributed by atoms with Gasteiger partial charge in [-0.1, -0.05) is 11.6 Å². The van der Waals surface area contributed by atoms with Crippen LogP contribution in [0.1, 0.15) is 6.42 Å². The number of hydrogen-bond donors (Lipinski definition) is 3. The number of nitrogen functional groups attached to an aromatic ring is 1. The third kappa shape index (κ3) is 5.73. The molecule has 0 unspecified atom stereocenters. The quantitative estimate of drug-likeness (QED) is 0.309. The summed E-state index contributed by atoms with van der Waals surface area (Å²) in [7, 11) is 1.61. The van der Waals surface area contributed by atoms with Crippen molar-refractivity contribution in [1.29, 1.82) is 5.26 Å². The lowest BCUT2D eigenvalue weighted by Crippen LogP contribution is -2.18. The van der Waals surface area contributed by atoms with Crippen molar-refractivity contribution < 1.29 is 9.53 Å². The van der Waals surface area contributed by atoms with Crippen LogP contribution in [0.3, 0.4) is 0 Å². The Morgan fingerprint density at radius 3 is 2.95 bits per heavy atom. The van der Waals surface area contributed by atoms with Crippen LogP contribution in [0.15, 0.2) is 30.0 Å². The minimum Gasteiger partial charge on any atom is -0.399 e. The molecule has 0 aromatic heterocycles. The van der Waals surface area contributed by atoms with Crippen molar-refractivity contribution in [2.45, 2.75) is 6.42 Å². The molecule has 0 spiro atoms. The largest absolute Gasteiger partial charge is 0.399 e. The van der Waals surface area contributed by atoms with Crippen LogP contribution in [0.2, 0.25) is 5.02 Å². The van der Waals surface area contributed by atoms with Crippen LogP contribution >= 0.6 is 11.6 Å². The van der Waals surface area contributed by atoms with Crippen LogP contribution in [0.4, 0.5) is 11.4 Å². The molecule has 0 heterocycles. The molecule has 0 atom stereocenters. The highest BCUT2D eigenvalue weighted by Crippen LogP contribution is 2.24. The Balaban J connectivity index is 2.63. The first kappa shape index (κ1) is 16.8. The van der Waals surface area contributed by atoms with Gasteiger partial charge >= 0.3 is 0 Å². The summed E-state index contributed by atoms with van der Waals surface area (Å²) >= 11 is 5.96. The predicted molar refractivity (Wildman–Crippen MR) is 82.7 cm³/mol. The third-order valence-electron chi connectivity index (χ3n) is 2.52. The second-order valence-electron chi connectivity index (χ2n) is 4.16. The molecule has 7 heteroatoms. The number of ether oxygens (including phenoxy) is 1. The zero-order chi connectivity index (χ0) is 15.7. The molecule has 0 aliphatic heterocycles. The van der Waals surface area contributed by atoms with E-state index in [0.717, 1.165) is 6.42 Å². The molecule has 1 aromatic rings. The van der Waals surface area contributed by atoms with Crippen molar-refractivity contribution >= 4 is 28.9 Å². The van der Waals surface area contributed by atoms with Gasteiger partial charge in [-0.3, -0.25) is 4.79 Å². The number of carbonyl (C=O) groups is 1. The molecule has 0 saturated heterocycles. The van der Waals surface area contributed by atoms with E-state index in [2.05, 4.69) is 10.6 Å². The number of benzene rings is 1. The van der Waals surface area contributed by atoms with E-state index in [1.807, 2.05) is 6.07 Å². The molecule has 112 valence electrons. The maximum absolute atomic E-state index is 11.9. The summed E-state index contributed by atoms with van der Waals surface area (Å²) in [6.45, 7) is 1.21. The topological polar surface area (TPSA) is 100 Å². The van der Waals surface area contributed by atoms with E-state index in [1.54, 1.807) is 19.2 Å². The zero-order valence-electron chi connectivity index (χ0n) is 11.6. The minimum atomic E-state index is -0.539. The Bertz CT molecular complexity index is 567. The maximum atomic E-state index is 11.9. The predicted octanol–water partition coefficient (Wildman–Crippen LogP) is 1.89. The van der Waals surface area contributed by atoms with E-state index in [0.29, 0.717) is 29.5 Å². The highest BCUT2D eigenvalue weighted by Gasteiger charge is 2.11. The molecule has 4 N–H and O–H groups in total. The number of nitrogens with one attached hydrogen (secondary N) is 2. The third-order valence-corrected chi connectivity index (χ3v) is 2.84. The first-order valence-electron chi connectivity index (χ1n) is 6.27. The van der Waals surface area contributed by atoms with Gasteiger partial charge < -0.3 is 21.1 Å². The average Bonchev–Trinajstić information content (AvgIpc) is 2.45. The van der Waals surface area contributed by atoms with Gasteiger partial charge in [0.1, 0.15) is 11.6 Å². The van der Waals surface area contributed by atoms with E-state index in [-0.39, 0.29) is 5.57 Å². The number of halogens is 1. The fraction of sp³-hybridized carbons (Fsp3) is 0.286. The standard InChI is InChI=1S/C14H17ClN4O2/c1-21-6-2-5-18-9-10(8-16)14(20)19-13-4-3-11(17)7-12(13)15/h3-4,7,9,18H,2,5-6,17H2,1H3,(H,19,20)/b10-9-. The number of amides is 1. The van der Waals surface area contributed by atoms with Gasteiger partial charge in [0, 0.05) is 32.1 Å². The summed E-state index contributed by atoms with van der Waals surface area (Å²) in [6, 6.07) is 6.55. The van der Waals surface area contributed by atoms with Crippen LogP contribution in [0.25, 0.3) is 0 Å². The second-order valence-corrected chi connectivity index (χ2v) is 4.57. The molecule has 0 bridgehead atoms. The fourth-order valence-corrected chi connectivity index (χ4v) is 1.70. The molecule has 0 aliphatic rings. The van der Waals surface area contributed by atoms with Gasteiger partial charge in [-0.25, -0.2) is 0 Å². The van der Waals surface area contributed by atoms with Crippen LogP contribution in [-0.4, -0.2) is 26.2 Å². The SMILES string of the molecule is COCCCN/C=C(/C#N)C(=O)Nc1ccc(N)cc1Cl. The number of nitriles is 1.